The van der Waals surface area contributed by atoms with E-state index in [1.54, 1.807) is 31.2 Å². The molecule has 2 aromatic rings. The van der Waals surface area contributed by atoms with Gasteiger partial charge in [0.25, 0.3) is 5.91 Å². The van der Waals surface area contributed by atoms with Gasteiger partial charge >= 0.3 is 6.55 Å². The summed E-state index contributed by atoms with van der Waals surface area (Å²) in [4.78, 5) is 12.0. The van der Waals surface area contributed by atoms with E-state index in [1.165, 1.54) is 6.20 Å². The molecular formula is C16H17F2N3O. The number of amides is 1. The highest BCUT2D eigenvalue weighted by Gasteiger charge is 2.20. The van der Waals surface area contributed by atoms with Gasteiger partial charge in [0, 0.05) is 22.9 Å². The van der Waals surface area contributed by atoms with Gasteiger partial charge in [0.15, 0.2) is 0 Å². The Morgan fingerprint density at radius 3 is 2.50 bits per heavy atom. The van der Waals surface area contributed by atoms with E-state index in [1.807, 2.05) is 0 Å². The molecule has 1 aromatic heterocycles. The molecule has 22 heavy (non-hydrogen) atoms. The zero-order valence-electron chi connectivity index (χ0n) is 12.2. The smallest absolute Gasteiger partial charge is 0.333 e. The summed E-state index contributed by atoms with van der Waals surface area (Å²) in [5.74, 6) is -0.0868. The molecule has 0 bridgehead atoms. The highest BCUT2D eigenvalue weighted by molar-refractivity contribution is 5.95. The van der Waals surface area contributed by atoms with Gasteiger partial charge in [-0.2, -0.15) is 13.9 Å². The topological polar surface area (TPSA) is 46.9 Å². The van der Waals surface area contributed by atoms with Gasteiger partial charge in [-0.05, 0) is 43.9 Å². The van der Waals surface area contributed by atoms with Gasteiger partial charge in [-0.25, -0.2) is 4.68 Å². The van der Waals surface area contributed by atoms with Crippen LogP contribution in [0.4, 0.5) is 8.78 Å². The van der Waals surface area contributed by atoms with Gasteiger partial charge in [-0.15, -0.1) is 0 Å². The molecule has 3 rings (SSSR count). The van der Waals surface area contributed by atoms with E-state index < -0.39 is 6.55 Å². The fourth-order valence-electron chi connectivity index (χ4n) is 2.53. The second-order valence-electron chi connectivity index (χ2n) is 5.54. The quantitative estimate of drug-likeness (QED) is 0.939. The molecule has 1 fully saturated rings. The third-order valence-electron chi connectivity index (χ3n) is 4.13. The van der Waals surface area contributed by atoms with Gasteiger partial charge in [-0.1, -0.05) is 12.1 Å². The van der Waals surface area contributed by atoms with Crippen molar-refractivity contribution in [2.45, 2.75) is 38.8 Å². The highest BCUT2D eigenvalue weighted by Crippen LogP contribution is 2.26. The Morgan fingerprint density at radius 2 is 2.00 bits per heavy atom. The third-order valence-corrected chi connectivity index (χ3v) is 4.13. The maximum absolute atomic E-state index is 12.7. The molecule has 0 atom stereocenters. The summed E-state index contributed by atoms with van der Waals surface area (Å²) in [7, 11) is 0. The summed E-state index contributed by atoms with van der Waals surface area (Å²) >= 11 is 0. The van der Waals surface area contributed by atoms with Crippen LogP contribution in [0.1, 0.15) is 41.9 Å². The number of hydrogen-bond donors (Lipinski definition) is 1. The largest absolute Gasteiger partial charge is 0.349 e. The predicted molar refractivity (Wildman–Crippen MR) is 78.8 cm³/mol. The minimum absolute atomic E-state index is 0.0868. The number of nitrogens with zero attached hydrogens (tertiary/aromatic N) is 2. The van der Waals surface area contributed by atoms with Crippen molar-refractivity contribution in [3.8, 4) is 11.1 Å². The van der Waals surface area contributed by atoms with Crippen molar-refractivity contribution in [3.63, 3.8) is 0 Å². The van der Waals surface area contributed by atoms with Gasteiger partial charge < -0.3 is 5.32 Å². The molecule has 1 amide bonds. The van der Waals surface area contributed by atoms with Crippen LogP contribution < -0.4 is 5.32 Å². The number of hydrogen-bond acceptors (Lipinski definition) is 2. The Hall–Kier alpha value is -2.24. The standard InChI is InChI=1S/C16H17F2N3O/c1-10-14(9-19-21(10)16(17)18)11-5-7-12(8-6-11)15(22)20-13-3-2-4-13/h5-9,13,16H,2-4H2,1H3,(H,20,22). The van der Waals surface area contributed by atoms with Crippen LogP contribution in [0.5, 0.6) is 0 Å². The lowest BCUT2D eigenvalue weighted by Gasteiger charge is -2.26. The summed E-state index contributed by atoms with van der Waals surface area (Å²) in [6, 6.07) is 7.23. The van der Waals surface area contributed by atoms with Crippen molar-refractivity contribution in [1.82, 2.24) is 15.1 Å². The predicted octanol–water partition coefficient (Wildman–Crippen LogP) is 3.54. The van der Waals surface area contributed by atoms with Crippen molar-refractivity contribution in [1.29, 1.82) is 0 Å². The first kappa shape index (κ1) is 14.7. The molecule has 1 heterocycles. The van der Waals surface area contributed by atoms with Crippen molar-refractivity contribution in [2.24, 2.45) is 0 Å². The number of alkyl halides is 2. The summed E-state index contributed by atoms with van der Waals surface area (Å²) in [5, 5.41) is 6.66. The first-order chi connectivity index (χ1) is 10.6. The van der Waals surface area contributed by atoms with Crippen molar-refractivity contribution in [3.05, 3.63) is 41.7 Å². The fourth-order valence-corrected chi connectivity index (χ4v) is 2.53. The second-order valence-corrected chi connectivity index (χ2v) is 5.54. The number of rotatable bonds is 4. The molecule has 1 aromatic carbocycles. The summed E-state index contributed by atoms with van der Waals surface area (Å²) in [6.07, 6.45) is 4.66. The van der Waals surface area contributed by atoms with E-state index in [0.29, 0.717) is 27.5 Å². The number of aromatic nitrogens is 2. The molecule has 6 heteroatoms. The monoisotopic (exact) mass is 305 g/mol. The summed E-state index contributed by atoms with van der Waals surface area (Å²) in [5.41, 5.74) is 2.40. The normalized spacial score (nSPS) is 14.9. The Bertz CT molecular complexity index is 675. The van der Waals surface area contributed by atoms with Crippen LogP contribution in [0.3, 0.4) is 0 Å². The molecule has 1 aliphatic rings. The minimum Gasteiger partial charge on any atom is -0.349 e. The number of carbonyl (C=O) groups excluding carboxylic acids is 1. The number of benzene rings is 1. The van der Waals surface area contributed by atoms with Crippen LogP contribution in [0.25, 0.3) is 11.1 Å². The van der Waals surface area contributed by atoms with Crippen LogP contribution in [0, 0.1) is 6.92 Å². The van der Waals surface area contributed by atoms with E-state index in [4.69, 9.17) is 0 Å². The SMILES string of the molecule is Cc1c(-c2ccc(C(=O)NC3CCC3)cc2)cnn1C(F)F. The maximum atomic E-state index is 12.7. The molecule has 4 nitrogen and oxygen atoms in total. The van der Waals surface area contributed by atoms with Crippen LogP contribution >= 0.6 is 0 Å². The Kier molecular flexibility index (Phi) is 3.92. The molecule has 0 aliphatic heterocycles. The summed E-state index contributed by atoms with van der Waals surface area (Å²) in [6.45, 7) is -1.05. The van der Waals surface area contributed by atoms with Gasteiger partial charge in [0.2, 0.25) is 0 Å². The Balaban J connectivity index is 1.77. The van der Waals surface area contributed by atoms with Crippen molar-refractivity contribution in [2.75, 3.05) is 0 Å². The van der Waals surface area contributed by atoms with E-state index in [9.17, 15) is 13.6 Å². The van der Waals surface area contributed by atoms with Crippen LogP contribution in [-0.2, 0) is 0 Å². The molecule has 0 saturated heterocycles. The fraction of sp³-hybridized carbons (Fsp3) is 0.375. The van der Waals surface area contributed by atoms with Gasteiger partial charge in [-0.3, -0.25) is 4.79 Å². The molecule has 1 aliphatic carbocycles. The zero-order valence-corrected chi connectivity index (χ0v) is 12.2. The van der Waals surface area contributed by atoms with Gasteiger partial charge in [0.1, 0.15) is 0 Å². The van der Waals surface area contributed by atoms with Crippen LogP contribution in [-0.4, -0.2) is 21.7 Å². The molecular weight excluding hydrogens is 288 g/mol. The molecule has 1 N–H and O–H groups in total. The Labute approximate surface area is 127 Å². The van der Waals surface area contributed by atoms with Crippen molar-refractivity contribution < 1.29 is 13.6 Å². The summed E-state index contributed by atoms with van der Waals surface area (Å²) < 4.78 is 26.2. The Morgan fingerprint density at radius 1 is 1.32 bits per heavy atom. The number of carbonyl (C=O) groups is 1. The second kappa shape index (κ2) is 5.87. The van der Waals surface area contributed by atoms with E-state index in [-0.39, 0.29) is 5.91 Å². The third kappa shape index (κ3) is 2.73. The molecule has 0 spiro atoms. The number of nitrogens with one attached hydrogen (secondary N) is 1. The van der Waals surface area contributed by atoms with E-state index in [0.717, 1.165) is 24.8 Å². The lowest BCUT2D eigenvalue weighted by Crippen LogP contribution is -2.39. The highest BCUT2D eigenvalue weighted by atomic mass is 19.3. The molecule has 0 radical (unpaired) electrons. The average Bonchev–Trinajstić information content (AvgIpc) is 2.85. The molecule has 116 valence electrons. The lowest BCUT2D eigenvalue weighted by molar-refractivity contribution is 0.0545. The minimum atomic E-state index is -2.65. The molecule has 0 unspecified atom stereocenters. The van der Waals surface area contributed by atoms with Crippen LogP contribution in [0.15, 0.2) is 30.5 Å². The van der Waals surface area contributed by atoms with E-state index >= 15 is 0 Å². The number of halogens is 2. The van der Waals surface area contributed by atoms with Crippen molar-refractivity contribution >= 4 is 5.91 Å². The van der Waals surface area contributed by atoms with E-state index in [2.05, 4.69) is 10.4 Å². The molecule has 1 saturated carbocycles. The van der Waals surface area contributed by atoms with Gasteiger partial charge in [0.05, 0.1) is 6.20 Å². The lowest BCUT2D eigenvalue weighted by atomic mass is 9.93. The average molecular weight is 305 g/mol. The maximum Gasteiger partial charge on any atom is 0.333 e. The first-order valence-electron chi connectivity index (χ1n) is 7.30. The first-order valence-corrected chi connectivity index (χ1v) is 7.30. The zero-order chi connectivity index (χ0) is 15.7. The van der Waals surface area contributed by atoms with Crippen LogP contribution in [0.2, 0.25) is 0 Å².